The number of hydrogen-bond acceptors (Lipinski definition) is 3. The molecule has 0 saturated heterocycles. The van der Waals surface area contributed by atoms with Crippen molar-refractivity contribution in [2.24, 2.45) is 0 Å². The summed E-state index contributed by atoms with van der Waals surface area (Å²) in [4.78, 5) is 11.0. The lowest BCUT2D eigenvalue weighted by Gasteiger charge is -2.16. The third kappa shape index (κ3) is 3.53. The minimum absolute atomic E-state index is 0.360. The first-order chi connectivity index (χ1) is 5.54. The molecule has 0 aromatic carbocycles. The average molecular weight is 172 g/mol. The Labute approximate surface area is 73.0 Å². The molecule has 0 heterocycles. The molecule has 0 aliphatic heterocycles. The Kier molecular flexibility index (Phi) is 4.59. The van der Waals surface area contributed by atoms with Crippen LogP contribution in [0.3, 0.4) is 0 Å². The maximum atomic E-state index is 11.0. The molecule has 0 aliphatic carbocycles. The van der Waals surface area contributed by atoms with E-state index in [4.69, 9.17) is 4.74 Å². The van der Waals surface area contributed by atoms with Crippen LogP contribution in [0.15, 0.2) is 12.7 Å². The van der Waals surface area contributed by atoms with E-state index in [1.807, 2.05) is 6.92 Å². The number of rotatable bonds is 5. The van der Waals surface area contributed by atoms with Gasteiger partial charge in [0.15, 0.2) is 5.60 Å². The van der Waals surface area contributed by atoms with Crippen molar-refractivity contribution in [2.75, 3.05) is 6.61 Å². The van der Waals surface area contributed by atoms with Crippen molar-refractivity contribution in [1.29, 1.82) is 0 Å². The largest absolute Gasteiger partial charge is 0.463 e. The predicted octanol–water partition coefficient (Wildman–Crippen LogP) is 1.27. The van der Waals surface area contributed by atoms with Gasteiger partial charge in [0, 0.05) is 0 Å². The van der Waals surface area contributed by atoms with Crippen LogP contribution >= 0.6 is 0 Å². The first-order valence-electron chi connectivity index (χ1n) is 4.07. The quantitative estimate of drug-likeness (QED) is 0.386. The fourth-order valence-corrected chi connectivity index (χ4v) is 0.539. The molecule has 0 saturated carbocycles. The highest BCUT2D eigenvalue weighted by atomic mass is 16.5. The van der Waals surface area contributed by atoms with E-state index in [1.165, 1.54) is 13.0 Å². The fraction of sp³-hybridized carbons (Fsp3) is 0.667. The van der Waals surface area contributed by atoms with E-state index >= 15 is 0 Å². The molecule has 1 atom stereocenters. The Balaban J connectivity index is 3.79. The molecule has 0 aliphatic rings. The lowest BCUT2D eigenvalue weighted by Crippen LogP contribution is -2.34. The van der Waals surface area contributed by atoms with E-state index in [2.05, 4.69) is 6.58 Å². The molecule has 0 aromatic rings. The summed E-state index contributed by atoms with van der Waals surface area (Å²) in [6.07, 6.45) is 2.95. The molecular formula is C9H16O3. The van der Waals surface area contributed by atoms with Gasteiger partial charge in [-0.1, -0.05) is 19.9 Å². The number of ether oxygens (including phenoxy) is 1. The second kappa shape index (κ2) is 4.93. The van der Waals surface area contributed by atoms with Gasteiger partial charge in [-0.15, -0.1) is 0 Å². The van der Waals surface area contributed by atoms with Crippen LogP contribution in [0, 0.1) is 0 Å². The van der Waals surface area contributed by atoms with Gasteiger partial charge in [0.25, 0.3) is 0 Å². The maximum absolute atomic E-state index is 11.0. The van der Waals surface area contributed by atoms with Crippen molar-refractivity contribution in [3.8, 4) is 0 Å². The molecule has 70 valence electrons. The lowest BCUT2D eigenvalue weighted by molar-refractivity contribution is -0.159. The van der Waals surface area contributed by atoms with Crippen molar-refractivity contribution in [2.45, 2.75) is 32.3 Å². The SMILES string of the molecule is C=CC(C)(O)C(=O)OCCCC. The molecule has 1 unspecified atom stereocenters. The van der Waals surface area contributed by atoms with Crippen LogP contribution in [0.2, 0.25) is 0 Å². The summed E-state index contributed by atoms with van der Waals surface area (Å²) in [5.74, 6) is -0.633. The van der Waals surface area contributed by atoms with Crippen molar-refractivity contribution in [3.05, 3.63) is 12.7 Å². The van der Waals surface area contributed by atoms with Crippen molar-refractivity contribution < 1.29 is 14.6 Å². The van der Waals surface area contributed by atoms with Gasteiger partial charge < -0.3 is 9.84 Å². The van der Waals surface area contributed by atoms with Crippen LogP contribution < -0.4 is 0 Å². The van der Waals surface area contributed by atoms with Gasteiger partial charge in [0.05, 0.1) is 6.61 Å². The van der Waals surface area contributed by atoms with Gasteiger partial charge in [-0.05, 0) is 19.4 Å². The van der Waals surface area contributed by atoms with Gasteiger partial charge in [-0.3, -0.25) is 0 Å². The van der Waals surface area contributed by atoms with Crippen molar-refractivity contribution in [1.82, 2.24) is 0 Å². The van der Waals surface area contributed by atoms with Gasteiger partial charge in [-0.25, -0.2) is 4.79 Å². The Bertz CT molecular complexity index is 161. The summed E-state index contributed by atoms with van der Waals surface area (Å²) in [6.45, 7) is 7.05. The molecule has 3 heteroatoms. The maximum Gasteiger partial charge on any atom is 0.341 e. The zero-order valence-electron chi connectivity index (χ0n) is 7.67. The van der Waals surface area contributed by atoms with E-state index in [-0.39, 0.29) is 0 Å². The fourth-order valence-electron chi connectivity index (χ4n) is 0.539. The molecule has 0 fully saturated rings. The van der Waals surface area contributed by atoms with Gasteiger partial charge in [0.2, 0.25) is 0 Å². The Morgan fingerprint density at radius 3 is 2.75 bits per heavy atom. The summed E-state index contributed by atoms with van der Waals surface area (Å²) < 4.78 is 4.78. The molecule has 0 bridgehead atoms. The first kappa shape index (κ1) is 11.2. The molecule has 0 amide bonds. The van der Waals surface area contributed by atoms with Crippen molar-refractivity contribution >= 4 is 5.97 Å². The second-order valence-corrected chi connectivity index (χ2v) is 2.84. The summed E-state index contributed by atoms with van der Waals surface area (Å²) in [6, 6.07) is 0. The average Bonchev–Trinajstić information content (AvgIpc) is 2.05. The lowest BCUT2D eigenvalue weighted by atomic mass is 10.1. The van der Waals surface area contributed by atoms with Crippen LogP contribution in [-0.2, 0) is 9.53 Å². The van der Waals surface area contributed by atoms with E-state index in [0.29, 0.717) is 6.61 Å². The Morgan fingerprint density at radius 1 is 1.75 bits per heavy atom. The second-order valence-electron chi connectivity index (χ2n) is 2.84. The highest BCUT2D eigenvalue weighted by Gasteiger charge is 2.27. The summed E-state index contributed by atoms with van der Waals surface area (Å²) in [5.41, 5.74) is -1.55. The van der Waals surface area contributed by atoms with Crippen LogP contribution in [-0.4, -0.2) is 23.3 Å². The van der Waals surface area contributed by atoms with Gasteiger partial charge in [-0.2, -0.15) is 0 Å². The van der Waals surface area contributed by atoms with Crippen LogP contribution in [0.5, 0.6) is 0 Å². The molecule has 0 spiro atoms. The molecule has 3 nitrogen and oxygen atoms in total. The number of carbonyl (C=O) groups is 1. The van der Waals surface area contributed by atoms with E-state index in [0.717, 1.165) is 12.8 Å². The van der Waals surface area contributed by atoms with Crippen molar-refractivity contribution in [3.63, 3.8) is 0 Å². The van der Waals surface area contributed by atoms with Crippen LogP contribution in [0.4, 0.5) is 0 Å². The summed E-state index contributed by atoms with van der Waals surface area (Å²) >= 11 is 0. The Hall–Kier alpha value is -0.830. The molecule has 12 heavy (non-hydrogen) atoms. The van der Waals surface area contributed by atoms with Crippen LogP contribution in [0.25, 0.3) is 0 Å². The normalized spacial score (nSPS) is 14.9. The van der Waals surface area contributed by atoms with E-state index in [9.17, 15) is 9.90 Å². The monoisotopic (exact) mass is 172 g/mol. The minimum Gasteiger partial charge on any atom is -0.463 e. The standard InChI is InChI=1S/C9H16O3/c1-4-6-7-12-8(10)9(3,11)5-2/h5,11H,2,4,6-7H2,1,3H3. The summed E-state index contributed by atoms with van der Waals surface area (Å²) in [5, 5.41) is 9.30. The van der Waals surface area contributed by atoms with E-state index < -0.39 is 11.6 Å². The molecule has 1 N–H and O–H groups in total. The molecular weight excluding hydrogens is 156 g/mol. The number of unbranched alkanes of at least 4 members (excludes halogenated alkanes) is 1. The first-order valence-corrected chi connectivity index (χ1v) is 4.07. The van der Waals surface area contributed by atoms with Gasteiger partial charge in [0.1, 0.15) is 0 Å². The highest BCUT2D eigenvalue weighted by molar-refractivity contribution is 5.80. The minimum atomic E-state index is -1.55. The molecule has 0 rings (SSSR count). The third-order valence-corrected chi connectivity index (χ3v) is 1.54. The van der Waals surface area contributed by atoms with Gasteiger partial charge >= 0.3 is 5.97 Å². The predicted molar refractivity (Wildman–Crippen MR) is 46.7 cm³/mol. The topological polar surface area (TPSA) is 46.5 Å². The Morgan fingerprint density at radius 2 is 2.33 bits per heavy atom. The zero-order chi connectivity index (χ0) is 9.61. The van der Waals surface area contributed by atoms with E-state index in [1.54, 1.807) is 0 Å². The number of aliphatic hydroxyl groups is 1. The molecule has 0 radical (unpaired) electrons. The number of esters is 1. The third-order valence-electron chi connectivity index (χ3n) is 1.54. The smallest absolute Gasteiger partial charge is 0.341 e. The number of hydrogen-bond donors (Lipinski definition) is 1. The molecule has 0 aromatic heterocycles. The highest BCUT2D eigenvalue weighted by Crippen LogP contribution is 2.07. The zero-order valence-corrected chi connectivity index (χ0v) is 7.67. The summed E-state index contributed by atoms with van der Waals surface area (Å²) in [7, 11) is 0. The number of carbonyl (C=O) groups excluding carboxylic acids is 1. The van der Waals surface area contributed by atoms with Crippen LogP contribution in [0.1, 0.15) is 26.7 Å².